The number of alkyl carbamates (subject to hydrolysis) is 1. The second-order valence-electron chi connectivity index (χ2n) is 13.4. The Morgan fingerprint density at radius 3 is 2.74 bits per heavy atom. The van der Waals surface area contributed by atoms with Crippen LogP contribution in [-0.2, 0) is 4.74 Å². The van der Waals surface area contributed by atoms with Crippen molar-refractivity contribution < 1.29 is 9.53 Å². The maximum atomic E-state index is 12.4. The van der Waals surface area contributed by atoms with Crippen LogP contribution in [0.2, 0.25) is 0 Å². The fraction of sp³-hybridized carbons (Fsp3) is 0.844. The van der Waals surface area contributed by atoms with E-state index in [1.54, 1.807) is 27.2 Å². The van der Waals surface area contributed by atoms with Crippen molar-refractivity contribution >= 4 is 27.7 Å². The highest BCUT2D eigenvalue weighted by Gasteiger charge is 2.59. The van der Waals surface area contributed by atoms with Gasteiger partial charge in [0.15, 0.2) is 0 Å². The summed E-state index contributed by atoms with van der Waals surface area (Å²) in [7, 11) is 3.52. The van der Waals surface area contributed by atoms with Crippen molar-refractivity contribution in [3.8, 4) is 0 Å². The minimum Gasteiger partial charge on any atom is -0.446 e. The third-order valence-corrected chi connectivity index (χ3v) is 13.5. The quantitative estimate of drug-likeness (QED) is 0.142. The monoisotopic (exact) mass is 562 g/mol. The molecule has 0 aromatic heterocycles. The molecule has 6 heteroatoms. The van der Waals surface area contributed by atoms with E-state index in [1.165, 1.54) is 56.9 Å². The Morgan fingerprint density at radius 1 is 1.18 bits per heavy atom. The fourth-order valence-electron chi connectivity index (χ4n) is 9.18. The van der Waals surface area contributed by atoms with Crippen molar-refractivity contribution in [2.75, 3.05) is 24.6 Å². The summed E-state index contributed by atoms with van der Waals surface area (Å²) in [4.78, 5) is 12.4. The van der Waals surface area contributed by atoms with E-state index in [2.05, 4.69) is 45.7 Å². The Kier molecular flexibility index (Phi) is 10.7. The van der Waals surface area contributed by atoms with E-state index in [0.29, 0.717) is 23.9 Å². The lowest BCUT2D eigenvalue weighted by molar-refractivity contribution is -0.0580. The van der Waals surface area contributed by atoms with Crippen LogP contribution in [0.3, 0.4) is 0 Å². The summed E-state index contributed by atoms with van der Waals surface area (Å²) in [5.74, 6) is 6.06. The standard InChI is InChI=1S/C32H54N2O2S2/c1-22(2)7-6-8-23(3)27-11-12-28-26-10-9-24-21-25(36-30(35)34-18-20-38-37-19-17-33)13-15-31(24,4)29(26)14-16-32(27,28)5/h9,23,25-29H,1,6-8,10-21,33H2,2-5H3,(H,34,35)/t23-,25+,26+,27-,28+,29+,31+,32-/m1/s1. The first-order chi connectivity index (χ1) is 18.2. The van der Waals surface area contributed by atoms with Gasteiger partial charge >= 0.3 is 6.09 Å². The predicted octanol–water partition coefficient (Wildman–Crippen LogP) is 8.38. The number of rotatable bonds is 12. The summed E-state index contributed by atoms with van der Waals surface area (Å²) in [6.45, 7) is 15.4. The van der Waals surface area contributed by atoms with E-state index in [-0.39, 0.29) is 12.2 Å². The molecule has 4 rings (SSSR count). The average molecular weight is 563 g/mol. The van der Waals surface area contributed by atoms with E-state index < -0.39 is 0 Å². The van der Waals surface area contributed by atoms with Crippen molar-refractivity contribution in [1.29, 1.82) is 0 Å². The number of carbonyl (C=O) groups is 1. The van der Waals surface area contributed by atoms with Gasteiger partial charge in [0.2, 0.25) is 0 Å². The lowest BCUT2D eigenvalue weighted by atomic mass is 9.47. The predicted molar refractivity (Wildman–Crippen MR) is 165 cm³/mol. The zero-order valence-corrected chi connectivity index (χ0v) is 26.2. The van der Waals surface area contributed by atoms with Crippen LogP contribution in [-0.4, -0.2) is 36.8 Å². The first kappa shape index (κ1) is 30.4. The molecule has 8 atom stereocenters. The lowest BCUT2D eigenvalue weighted by Crippen LogP contribution is -2.51. The summed E-state index contributed by atoms with van der Waals surface area (Å²) in [6, 6.07) is 0. The van der Waals surface area contributed by atoms with E-state index in [9.17, 15) is 4.79 Å². The molecule has 0 spiro atoms. The van der Waals surface area contributed by atoms with Crippen LogP contribution in [0, 0.1) is 40.4 Å². The first-order valence-electron chi connectivity index (χ1n) is 15.4. The second kappa shape index (κ2) is 13.4. The van der Waals surface area contributed by atoms with Crippen LogP contribution < -0.4 is 11.1 Å². The van der Waals surface area contributed by atoms with Crippen LogP contribution in [0.4, 0.5) is 4.79 Å². The minimum absolute atomic E-state index is 0.0231. The Bertz CT molecular complexity index is 862. The third-order valence-electron chi connectivity index (χ3n) is 11.1. The summed E-state index contributed by atoms with van der Waals surface area (Å²) in [5, 5.41) is 2.94. The molecule has 4 aliphatic rings. The number of carbonyl (C=O) groups excluding carboxylic acids is 1. The smallest absolute Gasteiger partial charge is 0.407 e. The normalized spacial score (nSPS) is 36.9. The molecule has 3 fully saturated rings. The van der Waals surface area contributed by atoms with Crippen molar-refractivity contribution in [2.24, 2.45) is 46.2 Å². The molecule has 1 amide bonds. The molecule has 0 bridgehead atoms. The number of allylic oxidation sites excluding steroid dienone is 2. The zero-order chi connectivity index (χ0) is 27.3. The molecule has 0 aromatic carbocycles. The molecule has 4 aliphatic carbocycles. The van der Waals surface area contributed by atoms with Gasteiger partial charge < -0.3 is 15.8 Å². The zero-order valence-electron chi connectivity index (χ0n) is 24.6. The number of fused-ring (bicyclic) bond motifs is 5. The van der Waals surface area contributed by atoms with E-state index >= 15 is 0 Å². The Hall–Kier alpha value is -0.590. The van der Waals surface area contributed by atoms with Crippen molar-refractivity contribution in [3.63, 3.8) is 0 Å². The average Bonchev–Trinajstić information content (AvgIpc) is 3.23. The highest BCUT2D eigenvalue weighted by atomic mass is 33.1. The fourth-order valence-corrected chi connectivity index (χ4v) is 10.9. The van der Waals surface area contributed by atoms with Gasteiger partial charge in [0.25, 0.3) is 0 Å². The maximum absolute atomic E-state index is 12.4. The molecular weight excluding hydrogens is 508 g/mol. The van der Waals surface area contributed by atoms with Crippen molar-refractivity contribution in [2.45, 2.75) is 104 Å². The molecule has 0 radical (unpaired) electrons. The highest BCUT2D eigenvalue weighted by molar-refractivity contribution is 8.76. The van der Waals surface area contributed by atoms with Gasteiger partial charge in [0.1, 0.15) is 6.10 Å². The van der Waals surface area contributed by atoms with Crippen LogP contribution in [0.5, 0.6) is 0 Å². The van der Waals surface area contributed by atoms with Crippen LogP contribution in [0.25, 0.3) is 0 Å². The molecule has 4 nitrogen and oxygen atoms in total. The number of nitrogens with two attached hydrogens (primary N) is 1. The molecule has 3 saturated carbocycles. The van der Waals surface area contributed by atoms with Crippen molar-refractivity contribution in [3.05, 3.63) is 23.8 Å². The Labute approximate surface area is 240 Å². The molecule has 38 heavy (non-hydrogen) atoms. The number of nitrogens with one attached hydrogen (secondary N) is 1. The molecule has 3 N–H and O–H groups in total. The van der Waals surface area contributed by atoms with Crippen LogP contribution >= 0.6 is 21.6 Å². The van der Waals surface area contributed by atoms with Gasteiger partial charge in [-0.3, -0.25) is 0 Å². The SMILES string of the molecule is C=C(C)CCC[C@@H](C)[C@H]1CC[C@H]2[C@@H]3CC=C4C[C@@H](OC(=O)NCCSSCCN)CC[C@]4(C)[C@H]3CC[C@]12C. The largest absolute Gasteiger partial charge is 0.446 e. The Balaban J connectivity index is 1.32. The molecular formula is C32H54N2O2S2. The molecule has 0 saturated heterocycles. The summed E-state index contributed by atoms with van der Waals surface area (Å²) >= 11 is 0. The van der Waals surface area contributed by atoms with Gasteiger partial charge in [0, 0.05) is 31.0 Å². The highest BCUT2D eigenvalue weighted by Crippen LogP contribution is 2.67. The van der Waals surface area contributed by atoms with Crippen LogP contribution in [0.15, 0.2) is 23.8 Å². The third kappa shape index (κ3) is 6.65. The van der Waals surface area contributed by atoms with Gasteiger partial charge in [-0.1, -0.05) is 66.0 Å². The number of hydrogen-bond acceptors (Lipinski definition) is 5. The van der Waals surface area contributed by atoms with E-state index in [0.717, 1.165) is 60.4 Å². The maximum Gasteiger partial charge on any atom is 0.407 e. The minimum atomic E-state index is -0.250. The van der Waals surface area contributed by atoms with Gasteiger partial charge in [0.05, 0.1) is 0 Å². The number of amides is 1. The molecule has 216 valence electrons. The van der Waals surface area contributed by atoms with Gasteiger partial charge in [-0.05, 0) is 105 Å². The summed E-state index contributed by atoms with van der Waals surface area (Å²) in [5.41, 5.74) is 9.26. The lowest BCUT2D eigenvalue weighted by Gasteiger charge is -2.58. The topological polar surface area (TPSA) is 64.3 Å². The van der Waals surface area contributed by atoms with Crippen LogP contribution in [0.1, 0.15) is 98.3 Å². The van der Waals surface area contributed by atoms with Crippen molar-refractivity contribution in [1.82, 2.24) is 5.32 Å². The first-order valence-corrected chi connectivity index (χ1v) is 17.9. The van der Waals surface area contributed by atoms with E-state index in [4.69, 9.17) is 10.5 Å². The second-order valence-corrected chi connectivity index (χ2v) is 16.1. The van der Waals surface area contributed by atoms with Gasteiger partial charge in [-0.15, -0.1) is 6.58 Å². The Morgan fingerprint density at radius 2 is 1.97 bits per heavy atom. The molecule has 0 aromatic rings. The number of ether oxygens (including phenoxy) is 1. The summed E-state index contributed by atoms with van der Waals surface area (Å²) in [6.07, 6.45) is 16.2. The summed E-state index contributed by atoms with van der Waals surface area (Å²) < 4.78 is 5.89. The molecule has 0 unspecified atom stereocenters. The molecule has 0 heterocycles. The number of hydrogen-bond donors (Lipinski definition) is 2. The van der Waals surface area contributed by atoms with E-state index in [1.807, 2.05) is 0 Å². The van der Waals surface area contributed by atoms with Gasteiger partial charge in [-0.25, -0.2) is 4.79 Å². The molecule has 0 aliphatic heterocycles. The van der Waals surface area contributed by atoms with Gasteiger partial charge in [-0.2, -0.15) is 0 Å².